The van der Waals surface area contributed by atoms with Gasteiger partial charge < -0.3 is 28.8 Å². The van der Waals surface area contributed by atoms with Gasteiger partial charge in [-0.3, -0.25) is 0 Å². The molecule has 6 heteroatoms. The largest absolute Gasteiger partial charge is 0.545 e. The normalized spacial score (nSPS) is 21.7. The second kappa shape index (κ2) is 11.2. The van der Waals surface area contributed by atoms with E-state index in [2.05, 4.69) is 28.2 Å². The second-order valence-corrected chi connectivity index (χ2v) is 7.86. The Hall–Kier alpha value is -1.40. The summed E-state index contributed by atoms with van der Waals surface area (Å²) >= 11 is 0. The van der Waals surface area contributed by atoms with Gasteiger partial charge in [0, 0.05) is 0 Å². The molecule has 0 aromatic heterocycles. The Bertz CT molecular complexity index is 363. The third-order valence-corrected chi connectivity index (χ3v) is 4.41. The van der Waals surface area contributed by atoms with Gasteiger partial charge in [0.1, 0.15) is 0 Å². The van der Waals surface area contributed by atoms with E-state index in [9.17, 15) is 19.8 Å². The van der Waals surface area contributed by atoms with Crippen molar-refractivity contribution in [3.8, 4) is 0 Å². The predicted octanol–water partition coefficient (Wildman–Crippen LogP) is -0.464. The van der Waals surface area contributed by atoms with Crippen LogP contribution >= 0.6 is 0 Å². The Morgan fingerprint density at radius 1 is 0.625 bits per heavy atom. The van der Waals surface area contributed by atoms with Crippen molar-refractivity contribution in [3.63, 3.8) is 0 Å². The van der Waals surface area contributed by atoms with E-state index in [1.165, 1.54) is 73.7 Å². The summed E-state index contributed by atoms with van der Waals surface area (Å²) in [6.45, 7) is 5.56. The van der Waals surface area contributed by atoms with Gasteiger partial charge in [0.05, 0.1) is 66.3 Å². The van der Waals surface area contributed by atoms with Crippen molar-refractivity contribution >= 4 is 11.9 Å². The number of hydrogen-bond acceptors (Lipinski definition) is 4. The van der Waals surface area contributed by atoms with Gasteiger partial charge in [-0.25, -0.2) is 0 Å². The molecule has 0 aromatic carbocycles. The molecule has 0 aliphatic carbocycles. The molecular weight excluding hydrogens is 308 g/mol. The molecule has 0 atom stereocenters. The number of carbonyl (C=O) groups is 2. The molecule has 2 saturated heterocycles. The number of carboxylic acids is 2. The summed E-state index contributed by atoms with van der Waals surface area (Å²) in [6, 6.07) is 0. The molecule has 0 amide bonds. The average molecular weight is 342 g/mol. The van der Waals surface area contributed by atoms with Crippen molar-refractivity contribution in [1.82, 2.24) is 0 Å². The Balaban J connectivity index is 0.000000331. The zero-order valence-electron chi connectivity index (χ0n) is 15.8. The third kappa shape index (κ3) is 14.2. The van der Waals surface area contributed by atoms with Gasteiger partial charge >= 0.3 is 0 Å². The SMILES string of the molecule is C[N+]1(C)CCCCC1.C[N+]1(C)CCCCC1.O=C([O-])/C=C\C(=O)[O-]. The van der Waals surface area contributed by atoms with Crippen molar-refractivity contribution in [2.24, 2.45) is 0 Å². The fourth-order valence-electron chi connectivity index (χ4n) is 2.87. The molecule has 0 spiro atoms. The number of piperidine rings is 2. The number of carboxylic acid groups (broad SMARTS) is 2. The number of hydrogen-bond donors (Lipinski definition) is 0. The lowest BCUT2D eigenvalue weighted by Crippen LogP contribution is -2.43. The molecule has 2 rings (SSSR count). The lowest BCUT2D eigenvalue weighted by Gasteiger charge is -2.33. The quantitative estimate of drug-likeness (QED) is 0.502. The minimum Gasteiger partial charge on any atom is -0.545 e. The molecule has 0 radical (unpaired) electrons. The van der Waals surface area contributed by atoms with Crippen LogP contribution in [0.2, 0.25) is 0 Å². The minimum atomic E-state index is -1.55. The number of quaternary nitrogens is 2. The minimum absolute atomic E-state index is 0.384. The topological polar surface area (TPSA) is 80.3 Å². The highest BCUT2D eigenvalue weighted by Gasteiger charge is 2.18. The molecule has 0 aromatic rings. The number of aliphatic carboxylic acids is 2. The maximum atomic E-state index is 9.41. The Morgan fingerprint density at radius 2 is 0.875 bits per heavy atom. The van der Waals surface area contributed by atoms with Crippen LogP contribution in [0.5, 0.6) is 0 Å². The Labute approximate surface area is 146 Å². The summed E-state index contributed by atoms with van der Waals surface area (Å²) in [5.41, 5.74) is 0. The van der Waals surface area contributed by atoms with Crippen LogP contribution in [0.1, 0.15) is 38.5 Å². The molecule has 2 heterocycles. The van der Waals surface area contributed by atoms with Crippen molar-refractivity contribution < 1.29 is 28.8 Å². The first-order valence-electron chi connectivity index (χ1n) is 8.78. The van der Waals surface area contributed by atoms with E-state index in [4.69, 9.17) is 0 Å². The smallest absolute Gasteiger partial charge is 0.0782 e. The Kier molecular flexibility index (Phi) is 10.6. The number of likely N-dealkylation sites (tertiary alicyclic amines) is 2. The average Bonchev–Trinajstić information content (AvgIpc) is 2.46. The lowest BCUT2D eigenvalue weighted by atomic mass is 10.1. The third-order valence-electron chi connectivity index (χ3n) is 4.41. The van der Waals surface area contributed by atoms with Crippen LogP contribution in [0.3, 0.4) is 0 Å². The molecule has 2 aliphatic rings. The molecule has 0 bridgehead atoms. The first-order valence-corrected chi connectivity index (χ1v) is 8.78. The second-order valence-electron chi connectivity index (χ2n) is 7.86. The van der Waals surface area contributed by atoms with E-state index in [-0.39, 0.29) is 0 Å². The van der Waals surface area contributed by atoms with E-state index in [1.807, 2.05) is 0 Å². The van der Waals surface area contributed by atoms with E-state index < -0.39 is 11.9 Å². The van der Waals surface area contributed by atoms with Crippen LogP contribution in [0.15, 0.2) is 12.2 Å². The first-order chi connectivity index (χ1) is 11.0. The van der Waals surface area contributed by atoms with Gasteiger partial charge in [-0.15, -0.1) is 0 Å². The molecule has 6 nitrogen and oxygen atoms in total. The number of nitrogens with zero attached hydrogens (tertiary/aromatic N) is 2. The summed E-state index contributed by atoms with van der Waals surface area (Å²) in [6.07, 6.45) is 9.44. The van der Waals surface area contributed by atoms with Crippen molar-refractivity contribution in [2.45, 2.75) is 38.5 Å². The van der Waals surface area contributed by atoms with Crippen molar-refractivity contribution in [1.29, 1.82) is 0 Å². The number of carbonyl (C=O) groups excluding carboxylic acids is 2. The maximum Gasteiger partial charge on any atom is 0.0782 e. The van der Waals surface area contributed by atoms with Crippen molar-refractivity contribution in [2.75, 3.05) is 54.4 Å². The summed E-state index contributed by atoms with van der Waals surface area (Å²) in [4.78, 5) is 18.8. The predicted molar refractivity (Wildman–Crippen MR) is 90.5 cm³/mol. The maximum absolute atomic E-state index is 9.41. The highest BCUT2D eigenvalue weighted by molar-refractivity contribution is 5.87. The zero-order chi connectivity index (χ0) is 18.6. The van der Waals surface area contributed by atoms with Crippen LogP contribution in [-0.4, -0.2) is 75.3 Å². The monoisotopic (exact) mass is 342 g/mol. The van der Waals surface area contributed by atoms with E-state index in [0.29, 0.717) is 12.2 Å². The van der Waals surface area contributed by atoms with E-state index in [1.54, 1.807) is 0 Å². The molecule has 0 unspecified atom stereocenters. The summed E-state index contributed by atoms with van der Waals surface area (Å²) < 4.78 is 2.50. The molecular formula is C18H34N2O4. The molecule has 0 N–H and O–H groups in total. The van der Waals surface area contributed by atoms with Crippen molar-refractivity contribution in [3.05, 3.63) is 12.2 Å². The fourth-order valence-corrected chi connectivity index (χ4v) is 2.87. The molecule has 0 saturated carbocycles. The lowest BCUT2D eigenvalue weighted by molar-refractivity contribution is -0.894. The Morgan fingerprint density at radius 3 is 1.00 bits per heavy atom. The molecule has 24 heavy (non-hydrogen) atoms. The summed E-state index contributed by atoms with van der Waals surface area (Å²) in [7, 11) is 9.27. The van der Waals surface area contributed by atoms with E-state index in [0.717, 1.165) is 0 Å². The van der Waals surface area contributed by atoms with Gasteiger partial charge in [-0.1, -0.05) is 0 Å². The van der Waals surface area contributed by atoms with Gasteiger partial charge in [0.2, 0.25) is 0 Å². The van der Waals surface area contributed by atoms with Gasteiger partial charge in [0.25, 0.3) is 0 Å². The highest BCUT2D eigenvalue weighted by atomic mass is 16.4. The van der Waals surface area contributed by atoms with Crippen LogP contribution in [0.4, 0.5) is 0 Å². The molecule has 140 valence electrons. The van der Waals surface area contributed by atoms with Gasteiger partial charge in [0.15, 0.2) is 0 Å². The van der Waals surface area contributed by atoms with Crippen LogP contribution in [0, 0.1) is 0 Å². The summed E-state index contributed by atoms with van der Waals surface area (Å²) in [5, 5.41) is 18.8. The van der Waals surface area contributed by atoms with Crippen LogP contribution in [0.25, 0.3) is 0 Å². The van der Waals surface area contributed by atoms with Crippen LogP contribution < -0.4 is 10.2 Å². The van der Waals surface area contributed by atoms with Gasteiger partial charge in [-0.05, 0) is 50.7 Å². The number of rotatable bonds is 2. The molecule has 2 aliphatic heterocycles. The highest BCUT2D eigenvalue weighted by Crippen LogP contribution is 2.12. The summed E-state index contributed by atoms with van der Waals surface area (Å²) in [5.74, 6) is -3.09. The fraction of sp³-hybridized carbons (Fsp3) is 0.778. The standard InChI is InChI=1S/2C7H16N.C4H4O4/c2*1-8(2)6-4-3-5-7-8;5-3(6)1-2-4(7)8/h2*3-7H2,1-2H3;1-2H,(H,5,6)(H,7,8)/q2*+1;/p-2/b;;2-1-. The first kappa shape index (κ1) is 22.6. The zero-order valence-corrected chi connectivity index (χ0v) is 15.8. The van der Waals surface area contributed by atoms with E-state index >= 15 is 0 Å². The molecule has 2 fully saturated rings. The van der Waals surface area contributed by atoms with Gasteiger partial charge in [-0.2, -0.15) is 0 Å². The van der Waals surface area contributed by atoms with Crippen LogP contribution in [-0.2, 0) is 9.59 Å².